The number of aliphatic imine (C=N–C) groups is 1. The first-order valence-corrected chi connectivity index (χ1v) is 6.45. The van der Waals surface area contributed by atoms with E-state index in [1.807, 2.05) is 12.1 Å². The zero-order valence-electron chi connectivity index (χ0n) is 10.9. The molecule has 18 heavy (non-hydrogen) atoms. The quantitative estimate of drug-likeness (QED) is 0.636. The Morgan fingerprint density at radius 3 is 2.78 bits per heavy atom. The van der Waals surface area contributed by atoms with Crippen LogP contribution in [-0.4, -0.2) is 18.0 Å². The molecule has 1 aromatic rings. The molecule has 3 nitrogen and oxygen atoms in total. The second kappa shape index (κ2) is 5.38. The van der Waals surface area contributed by atoms with Gasteiger partial charge in [0, 0.05) is 12.0 Å². The lowest BCUT2D eigenvalue weighted by atomic mass is 10.1. The van der Waals surface area contributed by atoms with Crippen molar-refractivity contribution in [2.75, 3.05) is 0 Å². The van der Waals surface area contributed by atoms with Crippen molar-refractivity contribution < 1.29 is 4.39 Å². The summed E-state index contributed by atoms with van der Waals surface area (Å²) < 4.78 is 12.8. The zero-order chi connectivity index (χ0) is 13.1. The van der Waals surface area contributed by atoms with Gasteiger partial charge in [-0.1, -0.05) is 19.1 Å². The number of guanidine groups is 1. The summed E-state index contributed by atoms with van der Waals surface area (Å²) in [6.07, 6.45) is 2.01. The summed E-state index contributed by atoms with van der Waals surface area (Å²) in [6.45, 7) is 4.18. The Labute approximate surface area is 107 Å². The summed E-state index contributed by atoms with van der Waals surface area (Å²) in [5, 5.41) is 3.15. The van der Waals surface area contributed by atoms with Crippen LogP contribution in [0, 0.1) is 5.82 Å². The fraction of sp³-hybridized carbons (Fsp3) is 0.500. The Morgan fingerprint density at radius 1 is 1.50 bits per heavy atom. The van der Waals surface area contributed by atoms with E-state index in [0.29, 0.717) is 17.9 Å². The van der Waals surface area contributed by atoms with Gasteiger partial charge in [-0.05, 0) is 37.5 Å². The van der Waals surface area contributed by atoms with Gasteiger partial charge in [-0.3, -0.25) is 0 Å². The molecule has 0 aromatic heterocycles. The number of hydrogen-bond donors (Lipinski definition) is 2. The predicted molar refractivity (Wildman–Crippen MR) is 72.1 cm³/mol. The van der Waals surface area contributed by atoms with Gasteiger partial charge in [0.15, 0.2) is 5.96 Å². The number of halogens is 1. The highest BCUT2D eigenvalue weighted by Crippen LogP contribution is 2.43. The van der Waals surface area contributed by atoms with E-state index in [9.17, 15) is 4.39 Å². The molecule has 1 saturated carbocycles. The summed E-state index contributed by atoms with van der Waals surface area (Å²) >= 11 is 0. The van der Waals surface area contributed by atoms with E-state index in [1.54, 1.807) is 0 Å². The molecule has 0 saturated heterocycles. The average molecular weight is 249 g/mol. The number of nitrogens with one attached hydrogen (secondary N) is 1. The smallest absolute Gasteiger partial charge is 0.189 e. The van der Waals surface area contributed by atoms with E-state index >= 15 is 0 Å². The second-order valence-electron chi connectivity index (χ2n) is 4.93. The predicted octanol–water partition coefficient (Wildman–Crippen LogP) is 2.38. The van der Waals surface area contributed by atoms with Crippen LogP contribution in [-0.2, 0) is 0 Å². The third-order valence-corrected chi connectivity index (χ3v) is 3.37. The van der Waals surface area contributed by atoms with Crippen molar-refractivity contribution in [3.05, 3.63) is 35.6 Å². The molecule has 0 spiro atoms. The molecule has 1 unspecified atom stereocenters. The third-order valence-electron chi connectivity index (χ3n) is 3.37. The fourth-order valence-electron chi connectivity index (χ4n) is 1.96. The number of nitrogens with zero attached hydrogens (tertiary/aromatic N) is 1. The van der Waals surface area contributed by atoms with Crippen LogP contribution >= 0.6 is 0 Å². The van der Waals surface area contributed by atoms with Crippen LogP contribution in [0.25, 0.3) is 0 Å². The van der Waals surface area contributed by atoms with Gasteiger partial charge in [0.1, 0.15) is 5.82 Å². The molecule has 98 valence electrons. The minimum Gasteiger partial charge on any atom is -0.370 e. The van der Waals surface area contributed by atoms with E-state index in [2.05, 4.69) is 24.2 Å². The maximum absolute atomic E-state index is 12.8. The summed E-state index contributed by atoms with van der Waals surface area (Å²) in [7, 11) is 0. The van der Waals surface area contributed by atoms with E-state index in [4.69, 9.17) is 5.73 Å². The lowest BCUT2D eigenvalue weighted by molar-refractivity contribution is 0.627. The molecule has 0 bridgehead atoms. The second-order valence-corrected chi connectivity index (χ2v) is 4.93. The number of hydrogen-bond acceptors (Lipinski definition) is 1. The number of nitrogens with two attached hydrogens (primary N) is 1. The standard InChI is InChI=1S/C14H20FN3/c1-3-9(2)17-14(16)18-13-8-12(13)10-4-6-11(15)7-5-10/h4-7,9,12-13H,3,8H2,1-2H3,(H3,16,17,18)/t9?,12-,13+/m0/s1. The first-order valence-electron chi connectivity index (χ1n) is 6.45. The molecular formula is C14H20FN3. The van der Waals surface area contributed by atoms with Gasteiger partial charge in [-0.15, -0.1) is 0 Å². The maximum atomic E-state index is 12.8. The summed E-state index contributed by atoms with van der Waals surface area (Å²) in [5.41, 5.74) is 6.97. The van der Waals surface area contributed by atoms with Gasteiger partial charge in [-0.2, -0.15) is 0 Å². The van der Waals surface area contributed by atoms with Crippen LogP contribution in [0.2, 0.25) is 0 Å². The van der Waals surface area contributed by atoms with Crippen molar-refractivity contribution >= 4 is 5.96 Å². The normalized spacial score (nSPS) is 24.7. The van der Waals surface area contributed by atoms with Gasteiger partial charge >= 0.3 is 0 Å². The number of rotatable bonds is 4. The van der Waals surface area contributed by atoms with Crippen molar-refractivity contribution in [2.45, 2.75) is 44.7 Å². The molecule has 1 aliphatic rings. The Balaban J connectivity index is 1.91. The first-order chi connectivity index (χ1) is 8.60. The van der Waals surface area contributed by atoms with Crippen LogP contribution < -0.4 is 11.1 Å². The largest absolute Gasteiger partial charge is 0.370 e. The van der Waals surface area contributed by atoms with E-state index < -0.39 is 0 Å². The molecule has 0 radical (unpaired) electrons. The minimum absolute atomic E-state index is 0.197. The zero-order valence-corrected chi connectivity index (χ0v) is 10.9. The molecule has 1 fully saturated rings. The highest BCUT2D eigenvalue weighted by molar-refractivity contribution is 5.78. The van der Waals surface area contributed by atoms with Crippen LogP contribution in [0.4, 0.5) is 4.39 Å². The SMILES string of the molecule is CCC(C)NC(N)=N[C@@H]1C[C@H]1c1ccc(F)cc1. The van der Waals surface area contributed by atoms with Gasteiger partial charge in [-0.25, -0.2) is 9.38 Å². The first kappa shape index (κ1) is 12.9. The summed E-state index contributed by atoms with van der Waals surface area (Å²) in [6, 6.07) is 7.23. The van der Waals surface area contributed by atoms with Gasteiger partial charge in [0.05, 0.1) is 6.04 Å². The van der Waals surface area contributed by atoms with Crippen LogP contribution in [0.5, 0.6) is 0 Å². The lowest BCUT2D eigenvalue weighted by Gasteiger charge is -2.11. The van der Waals surface area contributed by atoms with E-state index in [0.717, 1.165) is 18.4 Å². The molecule has 1 aromatic carbocycles. The van der Waals surface area contributed by atoms with E-state index in [1.165, 1.54) is 12.1 Å². The van der Waals surface area contributed by atoms with Crippen LogP contribution in [0.3, 0.4) is 0 Å². The third kappa shape index (κ3) is 3.22. The molecule has 3 N–H and O–H groups in total. The molecule has 2 rings (SSSR count). The molecule has 3 atom stereocenters. The summed E-state index contributed by atoms with van der Waals surface area (Å²) in [5.74, 6) is 0.708. The van der Waals surface area contributed by atoms with Crippen LogP contribution in [0.15, 0.2) is 29.3 Å². The molecule has 0 aliphatic heterocycles. The Hall–Kier alpha value is -1.58. The maximum Gasteiger partial charge on any atom is 0.189 e. The highest BCUT2D eigenvalue weighted by atomic mass is 19.1. The van der Waals surface area contributed by atoms with Crippen molar-refractivity contribution in [3.63, 3.8) is 0 Å². The monoisotopic (exact) mass is 249 g/mol. The number of benzene rings is 1. The van der Waals surface area contributed by atoms with Gasteiger partial charge < -0.3 is 11.1 Å². The van der Waals surface area contributed by atoms with E-state index in [-0.39, 0.29) is 11.9 Å². The Morgan fingerprint density at radius 2 is 2.17 bits per heavy atom. The van der Waals surface area contributed by atoms with Gasteiger partial charge in [0.2, 0.25) is 0 Å². The van der Waals surface area contributed by atoms with Gasteiger partial charge in [0.25, 0.3) is 0 Å². The molecule has 4 heteroatoms. The molecule has 1 aliphatic carbocycles. The minimum atomic E-state index is -0.197. The topological polar surface area (TPSA) is 50.4 Å². The van der Waals surface area contributed by atoms with Crippen molar-refractivity contribution in [1.29, 1.82) is 0 Å². The molecule has 0 amide bonds. The van der Waals surface area contributed by atoms with Crippen molar-refractivity contribution in [2.24, 2.45) is 10.7 Å². The Bertz CT molecular complexity index is 427. The highest BCUT2D eigenvalue weighted by Gasteiger charge is 2.38. The molecular weight excluding hydrogens is 229 g/mol. The lowest BCUT2D eigenvalue weighted by Crippen LogP contribution is -2.38. The van der Waals surface area contributed by atoms with Crippen molar-refractivity contribution in [1.82, 2.24) is 5.32 Å². The van der Waals surface area contributed by atoms with Crippen molar-refractivity contribution in [3.8, 4) is 0 Å². The Kier molecular flexibility index (Phi) is 3.84. The van der Waals surface area contributed by atoms with Crippen LogP contribution in [0.1, 0.15) is 38.2 Å². The fourth-order valence-corrected chi connectivity index (χ4v) is 1.96. The summed E-state index contributed by atoms with van der Waals surface area (Å²) in [4.78, 5) is 4.45. The average Bonchev–Trinajstić information content (AvgIpc) is 3.08. The molecule has 0 heterocycles.